The van der Waals surface area contributed by atoms with Crippen molar-refractivity contribution in [1.82, 2.24) is 5.32 Å². The van der Waals surface area contributed by atoms with E-state index in [0.717, 1.165) is 0 Å². The smallest absolute Gasteiger partial charge is 0.234 e. The van der Waals surface area contributed by atoms with Crippen molar-refractivity contribution in [2.75, 3.05) is 0 Å². The lowest BCUT2D eigenvalue weighted by Crippen LogP contribution is -2.45. The van der Waals surface area contributed by atoms with E-state index in [0.29, 0.717) is 0 Å². The highest BCUT2D eigenvalue weighted by Crippen LogP contribution is 2.28. The summed E-state index contributed by atoms with van der Waals surface area (Å²) in [6.07, 6.45) is 0. The van der Waals surface area contributed by atoms with Crippen LogP contribution in [0.25, 0.3) is 0 Å². The van der Waals surface area contributed by atoms with Gasteiger partial charge in [-0.1, -0.05) is 60.7 Å². The second-order valence-electron chi connectivity index (χ2n) is 5.38. The first-order chi connectivity index (χ1) is 10.1. The summed E-state index contributed by atoms with van der Waals surface area (Å²) in [5.41, 5.74) is 7.81. The van der Waals surface area contributed by atoms with Crippen molar-refractivity contribution in [3.05, 3.63) is 71.8 Å². The van der Waals surface area contributed by atoms with Crippen LogP contribution in [0, 0.1) is 0 Å². The van der Waals surface area contributed by atoms with Gasteiger partial charge in [0.15, 0.2) is 0 Å². The van der Waals surface area contributed by atoms with Crippen LogP contribution in [0.2, 0.25) is 0 Å². The molecule has 0 saturated heterocycles. The summed E-state index contributed by atoms with van der Waals surface area (Å²) in [6, 6.07) is 20.4. The van der Waals surface area contributed by atoms with Gasteiger partial charge in [-0.25, -0.2) is 0 Å². The lowest BCUT2D eigenvalue weighted by molar-refractivity contribution is -0.119. The molecule has 1 amide bonds. The zero-order valence-electron chi connectivity index (χ0n) is 12.5. The van der Waals surface area contributed by atoms with Gasteiger partial charge in [0.25, 0.3) is 0 Å². The van der Waals surface area contributed by atoms with E-state index in [1.54, 1.807) is 6.92 Å². The van der Waals surface area contributed by atoms with Crippen LogP contribution in [0.15, 0.2) is 60.7 Å². The van der Waals surface area contributed by atoms with Crippen LogP contribution in [0.4, 0.5) is 0 Å². The van der Waals surface area contributed by atoms with Gasteiger partial charge in [0.1, 0.15) is 0 Å². The molecular weight excluding hydrogens is 260 g/mol. The number of benzene rings is 2. The van der Waals surface area contributed by atoms with Gasteiger partial charge < -0.3 is 11.1 Å². The third-order valence-electron chi connectivity index (χ3n) is 3.76. The molecule has 2 aromatic carbocycles. The number of hydrogen-bond donors (Lipinski definition) is 2. The molecule has 3 heteroatoms. The lowest BCUT2D eigenvalue weighted by atomic mass is 9.85. The average Bonchev–Trinajstić information content (AvgIpc) is 2.49. The Morgan fingerprint density at radius 2 is 1.33 bits per heavy atom. The number of amides is 1. The van der Waals surface area contributed by atoms with Crippen molar-refractivity contribution in [1.29, 1.82) is 0 Å². The van der Waals surface area contributed by atoms with Crippen molar-refractivity contribution in [3.8, 4) is 0 Å². The number of nitrogens with two attached hydrogens (primary N) is 1. The Hall–Kier alpha value is -2.13. The van der Waals surface area contributed by atoms with Gasteiger partial charge in [0.05, 0.1) is 6.04 Å². The molecule has 2 atom stereocenters. The Labute approximate surface area is 126 Å². The molecule has 0 radical (unpaired) electrons. The summed E-state index contributed by atoms with van der Waals surface area (Å²) < 4.78 is 0. The number of primary amides is 1. The quantitative estimate of drug-likeness (QED) is 0.856. The van der Waals surface area contributed by atoms with Gasteiger partial charge in [-0.05, 0) is 25.0 Å². The molecule has 21 heavy (non-hydrogen) atoms. The summed E-state index contributed by atoms with van der Waals surface area (Å²) in [5, 5.41) is 3.30. The van der Waals surface area contributed by atoms with E-state index < -0.39 is 0 Å². The maximum absolute atomic E-state index is 11.3. The first kappa shape index (κ1) is 15.3. The van der Waals surface area contributed by atoms with Gasteiger partial charge in [-0.15, -0.1) is 0 Å². The van der Waals surface area contributed by atoms with E-state index in [1.807, 2.05) is 36.4 Å². The molecule has 2 aromatic rings. The van der Waals surface area contributed by atoms with E-state index in [-0.39, 0.29) is 23.9 Å². The van der Waals surface area contributed by atoms with Crippen molar-refractivity contribution < 1.29 is 4.79 Å². The third-order valence-corrected chi connectivity index (χ3v) is 3.76. The highest BCUT2D eigenvalue weighted by atomic mass is 16.1. The fourth-order valence-corrected chi connectivity index (χ4v) is 2.66. The molecule has 0 heterocycles. The average molecular weight is 282 g/mol. The van der Waals surface area contributed by atoms with Crippen molar-refractivity contribution >= 4 is 5.91 Å². The zero-order chi connectivity index (χ0) is 15.2. The Morgan fingerprint density at radius 3 is 1.71 bits per heavy atom. The van der Waals surface area contributed by atoms with Crippen LogP contribution in [0.5, 0.6) is 0 Å². The molecule has 110 valence electrons. The maximum Gasteiger partial charge on any atom is 0.234 e. The number of nitrogens with one attached hydrogen (secondary N) is 1. The van der Waals surface area contributed by atoms with E-state index in [9.17, 15) is 4.79 Å². The number of carbonyl (C=O) groups excluding carboxylic acids is 1. The molecule has 0 bridgehead atoms. The van der Waals surface area contributed by atoms with E-state index in [1.165, 1.54) is 11.1 Å². The van der Waals surface area contributed by atoms with Crippen LogP contribution < -0.4 is 11.1 Å². The number of rotatable bonds is 6. The molecule has 0 aromatic heterocycles. The normalized spacial score (nSPS) is 13.9. The fraction of sp³-hybridized carbons (Fsp3) is 0.278. The van der Waals surface area contributed by atoms with Gasteiger partial charge in [-0.2, -0.15) is 0 Å². The predicted octanol–water partition coefficient (Wildman–Crippen LogP) is 2.67. The molecule has 3 nitrogen and oxygen atoms in total. The summed E-state index contributed by atoms with van der Waals surface area (Å²) >= 11 is 0. The predicted molar refractivity (Wildman–Crippen MR) is 86.0 cm³/mol. The van der Waals surface area contributed by atoms with Crippen LogP contribution in [-0.2, 0) is 4.79 Å². The Kier molecular flexibility index (Phi) is 5.12. The summed E-state index contributed by atoms with van der Waals surface area (Å²) in [5.74, 6) is -0.157. The molecule has 2 rings (SSSR count). The molecule has 3 N–H and O–H groups in total. The first-order valence-electron chi connectivity index (χ1n) is 7.25. The molecule has 0 fully saturated rings. The van der Waals surface area contributed by atoms with Gasteiger partial charge >= 0.3 is 0 Å². The lowest BCUT2D eigenvalue weighted by Gasteiger charge is -2.28. The topological polar surface area (TPSA) is 55.1 Å². The Bertz CT molecular complexity index is 529. The van der Waals surface area contributed by atoms with Crippen molar-refractivity contribution in [2.24, 2.45) is 5.73 Å². The van der Waals surface area contributed by atoms with E-state index in [4.69, 9.17) is 5.73 Å². The molecule has 0 aliphatic heterocycles. The SMILES string of the molecule is CC(NC(C)C(c1ccccc1)c1ccccc1)C(N)=O. The highest BCUT2D eigenvalue weighted by Gasteiger charge is 2.23. The Balaban J connectivity index is 2.31. The fourth-order valence-electron chi connectivity index (χ4n) is 2.66. The Morgan fingerprint density at radius 1 is 0.905 bits per heavy atom. The molecule has 0 aliphatic carbocycles. The van der Waals surface area contributed by atoms with E-state index >= 15 is 0 Å². The largest absolute Gasteiger partial charge is 0.368 e. The standard InChI is InChI=1S/C18H22N2O/c1-13(20-14(2)18(19)21)17(15-9-5-3-6-10-15)16-11-7-4-8-12-16/h3-14,17,20H,1-2H3,(H2,19,21). The highest BCUT2D eigenvalue weighted by molar-refractivity contribution is 5.79. The second kappa shape index (κ2) is 7.04. The molecule has 0 spiro atoms. The summed E-state index contributed by atoms with van der Waals surface area (Å²) in [4.78, 5) is 11.3. The minimum absolute atomic E-state index is 0.0947. The van der Waals surface area contributed by atoms with E-state index in [2.05, 4.69) is 36.5 Å². The molecule has 2 unspecified atom stereocenters. The van der Waals surface area contributed by atoms with Gasteiger partial charge in [-0.3, -0.25) is 4.79 Å². The summed E-state index contributed by atoms with van der Waals surface area (Å²) in [6.45, 7) is 3.88. The van der Waals surface area contributed by atoms with Crippen LogP contribution in [-0.4, -0.2) is 18.0 Å². The molecule has 0 saturated carbocycles. The minimum Gasteiger partial charge on any atom is -0.368 e. The van der Waals surface area contributed by atoms with Gasteiger partial charge in [0, 0.05) is 12.0 Å². The van der Waals surface area contributed by atoms with Crippen molar-refractivity contribution in [3.63, 3.8) is 0 Å². The molecule has 0 aliphatic rings. The minimum atomic E-state index is -0.352. The second-order valence-corrected chi connectivity index (χ2v) is 5.38. The maximum atomic E-state index is 11.3. The monoisotopic (exact) mass is 282 g/mol. The van der Waals surface area contributed by atoms with Gasteiger partial charge in [0.2, 0.25) is 5.91 Å². The van der Waals surface area contributed by atoms with Crippen LogP contribution >= 0.6 is 0 Å². The zero-order valence-corrected chi connectivity index (χ0v) is 12.5. The number of carbonyl (C=O) groups is 1. The summed E-state index contributed by atoms with van der Waals surface area (Å²) in [7, 11) is 0. The first-order valence-corrected chi connectivity index (χ1v) is 7.25. The number of hydrogen-bond acceptors (Lipinski definition) is 2. The van der Waals surface area contributed by atoms with Crippen LogP contribution in [0.3, 0.4) is 0 Å². The van der Waals surface area contributed by atoms with Crippen molar-refractivity contribution in [2.45, 2.75) is 31.8 Å². The molecular formula is C18H22N2O. The third kappa shape index (κ3) is 3.92. The van der Waals surface area contributed by atoms with Crippen LogP contribution in [0.1, 0.15) is 30.9 Å².